The van der Waals surface area contributed by atoms with Gasteiger partial charge in [-0.25, -0.2) is 0 Å². The summed E-state index contributed by atoms with van der Waals surface area (Å²) in [5.74, 6) is -0.712. The zero-order valence-electron chi connectivity index (χ0n) is 12.7. The maximum absolute atomic E-state index is 10.6. The van der Waals surface area contributed by atoms with E-state index < -0.39 is 5.97 Å². The number of thioether (sulfide) groups is 1. The maximum Gasteiger partial charge on any atom is 0.313 e. The van der Waals surface area contributed by atoms with Gasteiger partial charge in [-0.15, -0.1) is 11.8 Å². The third-order valence-corrected chi connectivity index (χ3v) is 4.02. The van der Waals surface area contributed by atoms with Crippen molar-refractivity contribution in [1.82, 2.24) is 4.98 Å². The van der Waals surface area contributed by atoms with Crippen LogP contribution in [0.2, 0.25) is 0 Å². The molecule has 0 unspecified atom stereocenters. The van der Waals surface area contributed by atoms with Crippen molar-refractivity contribution in [1.29, 1.82) is 0 Å². The van der Waals surface area contributed by atoms with E-state index in [9.17, 15) is 4.79 Å². The van der Waals surface area contributed by atoms with Crippen molar-refractivity contribution in [2.24, 2.45) is 0 Å². The average Bonchev–Trinajstić information content (AvgIpc) is 2.99. The van der Waals surface area contributed by atoms with Gasteiger partial charge in [0.2, 0.25) is 0 Å². The van der Waals surface area contributed by atoms with Gasteiger partial charge in [0.25, 0.3) is 0 Å². The summed E-state index contributed by atoms with van der Waals surface area (Å²) in [6.45, 7) is 4.00. The van der Waals surface area contributed by atoms with Gasteiger partial charge in [-0.3, -0.25) is 4.79 Å². The molecular formula is C18H19NO2S. The van der Waals surface area contributed by atoms with Crippen molar-refractivity contribution in [2.45, 2.75) is 18.7 Å². The van der Waals surface area contributed by atoms with E-state index in [-0.39, 0.29) is 5.75 Å². The van der Waals surface area contributed by atoms with Crippen LogP contribution in [0, 0.1) is 0 Å². The number of carbonyl (C=O) groups is 1. The monoisotopic (exact) mass is 313 g/mol. The summed E-state index contributed by atoms with van der Waals surface area (Å²) in [6.07, 6.45) is 0. The quantitative estimate of drug-likeness (QED) is 0.664. The van der Waals surface area contributed by atoms with Crippen molar-refractivity contribution < 1.29 is 9.90 Å². The largest absolute Gasteiger partial charge is 0.481 e. The molecule has 0 amide bonds. The van der Waals surface area contributed by atoms with Gasteiger partial charge in [0.1, 0.15) is 0 Å². The van der Waals surface area contributed by atoms with Crippen LogP contribution in [0.5, 0.6) is 0 Å². The van der Waals surface area contributed by atoms with Crippen molar-refractivity contribution >= 4 is 28.6 Å². The molecule has 0 spiro atoms. The van der Waals surface area contributed by atoms with E-state index in [1.807, 2.05) is 50.2 Å². The number of H-pyrrole nitrogens is 1. The second-order valence-electron chi connectivity index (χ2n) is 4.48. The minimum atomic E-state index is -0.797. The van der Waals surface area contributed by atoms with Crippen LogP contribution in [-0.4, -0.2) is 21.8 Å². The molecule has 0 saturated heterocycles. The molecule has 114 valence electrons. The standard InChI is InChI=1S/C16H13NO2S.C2H6/c18-16(19)10-20-13-6-7-14-12(8-13)9-15(17-14)11-4-2-1-3-5-11;1-2/h1-9,17H,10H2,(H,18,19);1-2H3. The lowest BCUT2D eigenvalue weighted by Gasteiger charge is -1.98. The van der Waals surface area contributed by atoms with Gasteiger partial charge in [0.05, 0.1) is 5.75 Å². The van der Waals surface area contributed by atoms with Gasteiger partial charge in [0, 0.05) is 21.5 Å². The summed E-state index contributed by atoms with van der Waals surface area (Å²) in [5, 5.41) is 9.81. The molecule has 0 aliphatic carbocycles. The number of benzene rings is 2. The molecular weight excluding hydrogens is 294 g/mol. The summed E-state index contributed by atoms with van der Waals surface area (Å²) < 4.78 is 0. The molecule has 1 aromatic heterocycles. The molecule has 0 fully saturated rings. The van der Waals surface area contributed by atoms with Crippen molar-refractivity contribution in [3.05, 3.63) is 54.6 Å². The lowest BCUT2D eigenvalue weighted by Crippen LogP contribution is -1.97. The van der Waals surface area contributed by atoms with Gasteiger partial charge >= 0.3 is 5.97 Å². The molecule has 2 aromatic carbocycles. The first-order valence-electron chi connectivity index (χ1n) is 7.25. The smallest absolute Gasteiger partial charge is 0.313 e. The van der Waals surface area contributed by atoms with Crippen LogP contribution in [0.25, 0.3) is 22.2 Å². The minimum absolute atomic E-state index is 0.0848. The van der Waals surface area contributed by atoms with Gasteiger partial charge in [0.15, 0.2) is 0 Å². The van der Waals surface area contributed by atoms with E-state index in [4.69, 9.17) is 5.11 Å². The van der Waals surface area contributed by atoms with Gasteiger partial charge < -0.3 is 10.1 Å². The van der Waals surface area contributed by atoms with Gasteiger partial charge in [-0.2, -0.15) is 0 Å². The van der Waals surface area contributed by atoms with Gasteiger partial charge in [-0.1, -0.05) is 44.2 Å². The Morgan fingerprint density at radius 3 is 2.50 bits per heavy atom. The lowest BCUT2D eigenvalue weighted by atomic mass is 10.1. The summed E-state index contributed by atoms with van der Waals surface area (Å²) in [4.78, 5) is 14.9. The van der Waals surface area contributed by atoms with Crippen molar-refractivity contribution in [3.63, 3.8) is 0 Å². The first-order chi connectivity index (χ1) is 10.7. The van der Waals surface area contributed by atoms with E-state index in [1.54, 1.807) is 0 Å². The SMILES string of the molecule is CC.O=C(O)CSc1ccc2[nH]c(-c3ccccc3)cc2c1. The molecule has 3 rings (SSSR count). The van der Waals surface area contributed by atoms with Crippen LogP contribution >= 0.6 is 11.8 Å². The highest BCUT2D eigenvalue weighted by molar-refractivity contribution is 8.00. The molecule has 0 saturated carbocycles. The van der Waals surface area contributed by atoms with Crippen LogP contribution in [0.4, 0.5) is 0 Å². The normalized spacial score (nSPS) is 10.1. The van der Waals surface area contributed by atoms with E-state index >= 15 is 0 Å². The number of fused-ring (bicyclic) bond motifs is 1. The molecule has 0 bridgehead atoms. The molecule has 3 nitrogen and oxygen atoms in total. The zero-order chi connectivity index (χ0) is 15.9. The predicted molar refractivity (Wildman–Crippen MR) is 93.4 cm³/mol. The first-order valence-corrected chi connectivity index (χ1v) is 8.24. The predicted octanol–water partition coefficient (Wildman–Crippen LogP) is 5.04. The fourth-order valence-corrected chi connectivity index (χ4v) is 2.78. The van der Waals surface area contributed by atoms with E-state index in [1.165, 1.54) is 11.8 Å². The second kappa shape index (κ2) is 7.71. The van der Waals surface area contributed by atoms with Crippen LogP contribution in [-0.2, 0) is 4.79 Å². The Labute approximate surface area is 134 Å². The topological polar surface area (TPSA) is 53.1 Å². The number of hydrogen-bond donors (Lipinski definition) is 2. The lowest BCUT2D eigenvalue weighted by molar-refractivity contribution is -0.133. The Morgan fingerprint density at radius 2 is 1.82 bits per heavy atom. The summed E-state index contributed by atoms with van der Waals surface area (Å²) >= 11 is 1.34. The number of rotatable bonds is 4. The molecule has 22 heavy (non-hydrogen) atoms. The molecule has 2 N–H and O–H groups in total. The fourth-order valence-electron chi connectivity index (χ4n) is 2.12. The van der Waals surface area contributed by atoms with Crippen LogP contribution in [0.1, 0.15) is 13.8 Å². The van der Waals surface area contributed by atoms with Crippen LogP contribution in [0.3, 0.4) is 0 Å². The Kier molecular flexibility index (Phi) is 5.67. The van der Waals surface area contributed by atoms with Gasteiger partial charge in [-0.05, 0) is 29.8 Å². The van der Waals surface area contributed by atoms with E-state index in [2.05, 4.69) is 23.2 Å². The Balaban J connectivity index is 0.000000847. The highest BCUT2D eigenvalue weighted by atomic mass is 32.2. The van der Waals surface area contributed by atoms with Crippen molar-refractivity contribution in [2.75, 3.05) is 5.75 Å². The molecule has 0 aliphatic rings. The van der Waals surface area contributed by atoms with E-state index in [0.29, 0.717) is 0 Å². The summed E-state index contributed by atoms with van der Waals surface area (Å²) in [5.41, 5.74) is 3.27. The first kappa shape index (κ1) is 16.2. The average molecular weight is 313 g/mol. The van der Waals surface area contributed by atoms with Crippen molar-refractivity contribution in [3.8, 4) is 11.3 Å². The van der Waals surface area contributed by atoms with E-state index in [0.717, 1.165) is 27.1 Å². The summed E-state index contributed by atoms with van der Waals surface area (Å²) in [7, 11) is 0. The maximum atomic E-state index is 10.6. The highest BCUT2D eigenvalue weighted by Gasteiger charge is 2.05. The Bertz CT molecular complexity index is 750. The number of hydrogen-bond acceptors (Lipinski definition) is 2. The molecule has 1 heterocycles. The zero-order valence-corrected chi connectivity index (χ0v) is 13.5. The fraction of sp³-hybridized carbons (Fsp3) is 0.167. The second-order valence-corrected chi connectivity index (χ2v) is 5.53. The number of aliphatic carboxylic acids is 1. The third kappa shape index (κ3) is 3.92. The molecule has 0 atom stereocenters. The number of aromatic amines is 1. The number of nitrogens with one attached hydrogen (secondary N) is 1. The Morgan fingerprint density at radius 1 is 1.09 bits per heavy atom. The highest BCUT2D eigenvalue weighted by Crippen LogP contribution is 2.27. The minimum Gasteiger partial charge on any atom is -0.481 e. The van der Waals surface area contributed by atoms with Crippen LogP contribution in [0.15, 0.2) is 59.5 Å². The molecule has 0 radical (unpaired) electrons. The summed E-state index contributed by atoms with van der Waals surface area (Å²) in [6, 6.07) is 18.2. The third-order valence-electron chi connectivity index (χ3n) is 3.04. The molecule has 4 heteroatoms. The van der Waals surface area contributed by atoms with Crippen LogP contribution < -0.4 is 0 Å². The Hall–Kier alpha value is -2.20. The number of carboxylic acid groups (broad SMARTS) is 1. The molecule has 0 aliphatic heterocycles. The molecule has 3 aromatic rings. The number of aromatic nitrogens is 1. The number of carboxylic acids is 1.